The second-order valence-electron chi connectivity index (χ2n) is 2.64. The van der Waals surface area contributed by atoms with Crippen LogP contribution in [0.2, 0.25) is 0 Å². The second-order valence-corrected chi connectivity index (χ2v) is 6.42. The van der Waals surface area contributed by atoms with Crippen molar-refractivity contribution in [1.29, 1.82) is 0 Å². The van der Waals surface area contributed by atoms with E-state index in [0.29, 0.717) is 11.0 Å². The summed E-state index contributed by atoms with van der Waals surface area (Å²) in [5.41, 5.74) is 1.04. The summed E-state index contributed by atoms with van der Waals surface area (Å²) in [6.07, 6.45) is 1.44. The van der Waals surface area contributed by atoms with Crippen LogP contribution in [0.25, 0.3) is 11.0 Å². The number of benzene rings is 1. The molecule has 0 fully saturated rings. The average molecular weight is 343 g/mol. The maximum Gasteiger partial charge on any atom is 0.263 e. The highest BCUT2D eigenvalue weighted by Crippen LogP contribution is 2.25. The molecular formula is C7H4ClIN2O2S. The second kappa shape index (κ2) is 3.35. The molecule has 0 saturated carbocycles. The summed E-state index contributed by atoms with van der Waals surface area (Å²) in [5.74, 6) is 0. The molecule has 74 valence electrons. The Balaban J connectivity index is 2.94. The van der Waals surface area contributed by atoms with Crippen molar-refractivity contribution in [3.05, 3.63) is 22.0 Å². The zero-order chi connectivity index (χ0) is 10.3. The third-order valence-electron chi connectivity index (χ3n) is 1.72. The first-order valence-corrected chi connectivity index (χ1v) is 6.94. The largest absolute Gasteiger partial charge is 0.345 e. The van der Waals surface area contributed by atoms with Crippen LogP contribution in [0.5, 0.6) is 0 Å². The zero-order valence-electron chi connectivity index (χ0n) is 6.66. The molecule has 0 spiro atoms. The molecule has 0 bridgehead atoms. The predicted molar refractivity (Wildman–Crippen MR) is 61.8 cm³/mol. The maximum atomic E-state index is 11.2. The number of rotatable bonds is 1. The van der Waals surface area contributed by atoms with Crippen LogP contribution < -0.4 is 0 Å². The van der Waals surface area contributed by atoms with Crippen molar-refractivity contribution in [2.45, 2.75) is 4.90 Å². The highest BCUT2D eigenvalue weighted by Gasteiger charge is 2.16. The molecule has 2 aromatic rings. The Morgan fingerprint density at radius 3 is 2.79 bits per heavy atom. The molecule has 1 aromatic heterocycles. The Bertz CT molecular complexity index is 593. The first kappa shape index (κ1) is 10.2. The van der Waals surface area contributed by atoms with E-state index >= 15 is 0 Å². The van der Waals surface area contributed by atoms with Crippen LogP contribution in [-0.2, 0) is 9.05 Å². The van der Waals surface area contributed by atoms with Gasteiger partial charge in [0.05, 0.1) is 11.8 Å². The molecule has 0 aliphatic carbocycles. The van der Waals surface area contributed by atoms with Crippen molar-refractivity contribution in [2.75, 3.05) is 0 Å². The van der Waals surface area contributed by atoms with Crippen LogP contribution in [0.15, 0.2) is 23.4 Å². The van der Waals surface area contributed by atoms with Crippen molar-refractivity contribution in [2.24, 2.45) is 0 Å². The van der Waals surface area contributed by atoms with Gasteiger partial charge in [-0.2, -0.15) is 0 Å². The van der Waals surface area contributed by atoms with E-state index in [1.165, 1.54) is 12.4 Å². The fourth-order valence-electron chi connectivity index (χ4n) is 1.17. The number of nitrogens with one attached hydrogen (secondary N) is 1. The summed E-state index contributed by atoms with van der Waals surface area (Å²) in [6.45, 7) is 0. The number of aromatic amines is 1. The molecule has 4 nitrogen and oxygen atoms in total. The minimum atomic E-state index is -3.74. The Morgan fingerprint density at radius 2 is 2.14 bits per heavy atom. The summed E-state index contributed by atoms with van der Waals surface area (Å²) in [7, 11) is 1.54. The molecule has 1 heterocycles. The van der Waals surface area contributed by atoms with Gasteiger partial charge in [0.1, 0.15) is 10.4 Å². The lowest BCUT2D eigenvalue weighted by Gasteiger charge is -1.98. The number of aromatic nitrogens is 2. The van der Waals surface area contributed by atoms with E-state index in [1.807, 2.05) is 22.6 Å². The van der Waals surface area contributed by atoms with Gasteiger partial charge >= 0.3 is 0 Å². The lowest BCUT2D eigenvalue weighted by molar-refractivity contribution is 0.610. The fraction of sp³-hybridized carbons (Fsp3) is 0. The van der Waals surface area contributed by atoms with E-state index in [4.69, 9.17) is 10.7 Å². The molecule has 0 atom stereocenters. The number of H-pyrrole nitrogens is 1. The van der Waals surface area contributed by atoms with Crippen molar-refractivity contribution in [3.63, 3.8) is 0 Å². The molecular weight excluding hydrogens is 339 g/mol. The van der Waals surface area contributed by atoms with Gasteiger partial charge in [-0.3, -0.25) is 0 Å². The fourth-order valence-corrected chi connectivity index (χ4v) is 3.02. The number of halogens is 2. The monoisotopic (exact) mass is 342 g/mol. The molecule has 7 heteroatoms. The van der Waals surface area contributed by atoms with E-state index in [2.05, 4.69) is 9.97 Å². The van der Waals surface area contributed by atoms with E-state index in [9.17, 15) is 8.42 Å². The smallest absolute Gasteiger partial charge is 0.263 e. The highest BCUT2D eigenvalue weighted by molar-refractivity contribution is 14.1. The Labute approximate surface area is 98.2 Å². The molecule has 0 radical (unpaired) electrons. The van der Waals surface area contributed by atoms with Gasteiger partial charge < -0.3 is 4.98 Å². The molecule has 1 N–H and O–H groups in total. The summed E-state index contributed by atoms with van der Waals surface area (Å²) in [6, 6.07) is 3.29. The maximum absolute atomic E-state index is 11.2. The SMILES string of the molecule is O=S(=O)(Cl)c1cc(I)cc2[nH]cnc12. The molecule has 14 heavy (non-hydrogen) atoms. The van der Waals surface area contributed by atoms with E-state index in [0.717, 1.165) is 3.57 Å². The standard InChI is InChI=1S/C7H4ClIN2O2S/c8-14(12,13)6-2-4(9)1-5-7(6)11-3-10-5/h1-3H,(H,10,11). The lowest BCUT2D eigenvalue weighted by Crippen LogP contribution is -1.93. The van der Waals surface area contributed by atoms with Crippen LogP contribution in [-0.4, -0.2) is 18.4 Å². The Kier molecular flexibility index (Phi) is 2.44. The van der Waals surface area contributed by atoms with Crippen molar-refractivity contribution in [1.82, 2.24) is 9.97 Å². The van der Waals surface area contributed by atoms with Crippen LogP contribution in [0.4, 0.5) is 0 Å². The van der Waals surface area contributed by atoms with Gasteiger partial charge in [-0.15, -0.1) is 0 Å². The van der Waals surface area contributed by atoms with Gasteiger partial charge in [-0.25, -0.2) is 13.4 Å². The summed E-state index contributed by atoms with van der Waals surface area (Å²) in [4.78, 5) is 6.78. The Morgan fingerprint density at radius 1 is 1.43 bits per heavy atom. The van der Waals surface area contributed by atoms with Crippen LogP contribution in [0, 0.1) is 3.57 Å². The quantitative estimate of drug-likeness (QED) is 0.638. The summed E-state index contributed by atoms with van der Waals surface area (Å²) >= 11 is 2.02. The molecule has 0 amide bonds. The van der Waals surface area contributed by atoms with Crippen LogP contribution >= 0.6 is 33.3 Å². The molecule has 0 aliphatic rings. The van der Waals surface area contributed by atoms with Gasteiger partial charge in [0, 0.05) is 14.3 Å². The predicted octanol–water partition coefficient (Wildman–Crippen LogP) is 2.09. The van der Waals surface area contributed by atoms with Crippen LogP contribution in [0.3, 0.4) is 0 Å². The molecule has 0 saturated heterocycles. The number of nitrogens with zero attached hydrogens (tertiary/aromatic N) is 1. The van der Waals surface area contributed by atoms with Crippen molar-refractivity contribution >= 4 is 53.4 Å². The minimum Gasteiger partial charge on any atom is -0.345 e. The normalized spacial score (nSPS) is 12.1. The van der Waals surface area contributed by atoms with Gasteiger partial charge in [0.15, 0.2) is 0 Å². The number of fused-ring (bicyclic) bond motifs is 1. The molecule has 1 aromatic carbocycles. The minimum absolute atomic E-state index is 0.0438. The highest BCUT2D eigenvalue weighted by atomic mass is 127. The molecule has 0 aliphatic heterocycles. The van der Waals surface area contributed by atoms with Crippen molar-refractivity contribution < 1.29 is 8.42 Å². The van der Waals surface area contributed by atoms with Gasteiger partial charge in [0.25, 0.3) is 9.05 Å². The first-order valence-electron chi connectivity index (χ1n) is 3.56. The zero-order valence-corrected chi connectivity index (χ0v) is 10.4. The summed E-state index contributed by atoms with van der Waals surface area (Å²) < 4.78 is 23.2. The van der Waals surface area contributed by atoms with Gasteiger partial charge in [-0.05, 0) is 34.7 Å². The van der Waals surface area contributed by atoms with E-state index in [1.54, 1.807) is 6.07 Å². The topological polar surface area (TPSA) is 62.8 Å². The number of imidazole rings is 1. The van der Waals surface area contributed by atoms with Gasteiger partial charge in [0.2, 0.25) is 0 Å². The lowest BCUT2D eigenvalue weighted by atomic mass is 10.3. The average Bonchev–Trinajstić information content (AvgIpc) is 2.47. The molecule has 0 unspecified atom stereocenters. The van der Waals surface area contributed by atoms with Gasteiger partial charge in [-0.1, -0.05) is 0 Å². The van der Waals surface area contributed by atoms with E-state index < -0.39 is 9.05 Å². The van der Waals surface area contributed by atoms with Crippen molar-refractivity contribution in [3.8, 4) is 0 Å². The first-order chi connectivity index (χ1) is 6.48. The molecule has 2 rings (SSSR count). The number of hydrogen-bond donors (Lipinski definition) is 1. The van der Waals surface area contributed by atoms with E-state index in [-0.39, 0.29) is 4.90 Å². The third kappa shape index (κ3) is 1.73. The Hall–Kier alpha value is -0.340. The third-order valence-corrected chi connectivity index (χ3v) is 3.67. The van der Waals surface area contributed by atoms with Crippen LogP contribution in [0.1, 0.15) is 0 Å². The summed E-state index contributed by atoms with van der Waals surface area (Å²) in [5, 5.41) is 0. The number of hydrogen-bond acceptors (Lipinski definition) is 3.